The fourth-order valence-electron chi connectivity index (χ4n) is 4.72. The first-order valence-electron chi connectivity index (χ1n) is 13.2. The Balaban J connectivity index is 1.27. The second-order valence-corrected chi connectivity index (χ2v) is 12.7. The highest BCUT2D eigenvalue weighted by Gasteiger charge is 2.57. The van der Waals surface area contributed by atoms with E-state index in [0.717, 1.165) is 36.5 Å². The van der Waals surface area contributed by atoms with Crippen LogP contribution in [0.3, 0.4) is 0 Å². The van der Waals surface area contributed by atoms with Crippen molar-refractivity contribution in [1.82, 2.24) is 24.7 Å². The van der Waals surface area contributed by atoms with Crippen LogP contribution in [0.2, 0.25) is 0 Å². The van der Waals surface area contributed by atoms with E-state index in [9.17, 15) is 27.9 Å². The highest BCUT2D eigenvalue weighted by Crippen LogP contribution is 2.40. The number of rotatable bonds is 14. The second kappa shape index (κ2) is 12.1. The average molecular weight is 652 g/mol. The predicted octanol–water partition coefficient (Wildman–Crippen LogP) is 0.318. The number of nitrogen functional groups attached to an aromatic ring is 1. The number of hydrogen-bond donors (Lipinski definition) is 4. The van der Waals surface area contributed by atoms with E-state index in [1.54, 1.807) is 22.7 Å². The molecule has 2 aliphatic rings. The van der Waals surface area contributed by atoms with Crippen molar-refractivity contribution in [3.05, 3.63) is 41.3 Å². The molecule has 5 rings (SSSR count). The number of hydrogen-bond acceptors (Lipinski definition) is 14. The number of nitrogens with two attached hydrogens (primary N) is 1. The number of nitrogens with zero attached hydrogens (tertiary/aromatic N) is 5. The Kier molecular flexibility index (Phi) is 8.58. The molecule has 2 fully saturated rings. The quantitative estimate of drug-likeness (QED) is 0.0795. The zero-order valence-corrected chi connectivity index (χ0v) is 25.1. The van der Waals surface area contributed by atoms with Gasteiger partial charge in [-0.05, 0) is 51.4 Å². The number of amides is 1. The minimum atomic E-state index is -4.98. The topological polar surface area (TPSA) is 237 Å². The lowest BCUT2D eigenvalue weighted by atomic mass is 9.74. The van der Waals surface area contributed by atoms with Crippen molar-refractivity contribution in [1.29, 1.82) is 0 Å². The molecular formula is C25H29N7O10S2. The summed E-state index contributed by atoms with van der Waals surface area (Å²) in [7, 11) is -4.98. The number of β-lactam (4-membered cyclic amide) rings is 1. The van der Waals surface area contributed by atoms with E-state index in [-0.39, 0.29) is 10.8 Å². The number of anilines is 1. The summed E-state index contributed by atoms with van der Waals surface area (Å²) in [5.74, 6) is -3.25. The van der Waals surface area contributed by atoms with Crippen LogP contribution in [0.15, 0.2) is 35.1 Å². The van der Waals surface area contributed by atoms with Gasteiger partial charge in [-0.25, -0.2) is 14.8 Å². The molecule has 44 heavy (non-hydrogen) atoms. The Morgan fingerprint density at radius 2 is 2.02 bits per heavy atom. The van der Waals surface area contributed by atoms with Gasteiger partial charge in [0, 0.05) is 18.0 Å². The van der Waals surface area contributed by atoms with Crippen LogP contribution in [0.25, 0.3) is 5.65 Å². The van der Waals surface area contributed by atoms with Gasteiger partial charge in [0.05, 0.1) is 23.3 Å². The van der Waals surface area contributed by atoms with Crippen LogP contribution in [0.1, 0.15) is 31.7 Å². The minimum absolute atomic E-state index is 0.0165. The summed E-state index contributed by atoms with van der Waals surface area (Å²) in [6.07, 6.45) is 2.25. The number of nitrogens with one attached hydrogen (secondary N) is 1. The molecule has 19 heteroatoms. The third-order valence-electron chi connectivity index (χ3n) is 7.25. The fourth-order valence-corrected chi connectivity index (χ4v) is 5.72. The maximum atomic E-state index is 13.3. The molecule has 0 unspecified atom stereocenters. The van der Waals surface area contributed by atoms with Crippen molar-refractivity contribution in [2.75, 3.05) is 25.4 Å². The molecule has 3 aromatic rings. The van der Waals surface area contributed by atoms with E-state index in [4.69, 9.17) is 19.9 Å². The van der Waals surface area contributed by atoms with Gasteiger partial charge in [-0.3, -0.25) is 14.1 Å². The van der Waals surface area contributed by atoms with Crippen LogP contribution in [0.5, 0.6) is 5.75 Å². The summed E-state index contributed by atoms with van der Waals surface area (Å²) in [6, 6.07) is 3.38. The van der Waals surface area contributed by atoms with Gasteiger partial charge in [-0.2, -0.15) is 13.5 Å². The standard InChI is InChI=1S/C25H29N7O10S2/c1-25(2)16(22(34)32(25)42-44(37,38)39)6-18(33)21(17-12-43-24(26)29-17)30-41-19(23(35)36)11-40-15-3-4-20-28-14(9-31(20)10-15)5-13-7-27-8-13/h3-4,9-10,12-13,16,19,27H,5-8,11H2,1-2H3,(H2,26,29)(H,35,36)(H,37,38,39)/b30-21-/t16-,19-/m1/s1. The molecule has 0 bridgehead atoms. The van der Waals surface area contributed by atoms with Gasteiger partial charge < -0.3 is 30.1 Å². The molecule has 0 saturated carbocycles. The molecule has 0 spiro atoms. The number of oxime groups is 1. The molecule has 0 radical (unpaired) electrons. The number of aromatic nitrogens is 3. The van der Waals surface area contributed by atoms with Crippen molar-refractivity contribution in [2.24, 2.45) is 17.0 Å². The molecule has 1 amide bonds. The molecule has 3 aromatic heterocycles. The SMILES string of the molecule is CC1(C)[C@H](CC(=O)/C(=N\O[C@H](COc2ccc3nc(CC4CNC4)cn3c2)C(=O)O)c2csc(N)n2)C(=O)N1OS(=O)(=O)O. The van der Waals surface area contributed by atoms with Gasteiger partial charge in [-0.15, -0.1) is 15.6 Å². The van der Waals surface area contributed by atoms with Crippen molar-refractivity contribution >= 4 is 55.9 Å². The largest absolute Gasteiger partial charge is 0.487 e. The van der Waals surface area contributed by atoms with Crippen LogP contribution in [-0.4, -0.2) is 92.2 Å². The van der Waals surface area contributed by atoms with Crippen molar-refractivity contribution in [2.45, 2.75) is 38.3 Å². The lowest BCUT2D eigenvalue weighted by Gasteiger charge is -2.50. The van der Waals surface area contributed by atoms with Crippen molar-refractivity contribution in [3.63, 3.8) is 0 Å². The smallest absolute Gasteiger partial charge is 0.418 e. The second-order valence-electron chi connectivity index (χ2n) is 10.8. The molecule has 2 saturated heterocycles. The first-order valence-corrected chi connectivity index (χ1v) is 15.5. The monoisotopic (exact) mass is 651 g/mol. The molecule has 5 N–H and O–H groups in total. The summed E-state index contributed by atoms with van der Waals surface area (Å²) in [6.45, 7) is 4.28. The molecule has 236 valence electrons. The zero-order chi connectivity index (χ0) is 31.8. The molecule has 5 heterocycles. The number of ether oxygens (including phenoxy) is 1. The number of carbonyl (C=O) groups excluding carboxylic acids is 2. The van der Waals surface area contributed by atoms with Gasteiger partial charge in [0.25, 0.3) is 12.0 Å². The molecule has 0 aromatic carbocycles. The fraction of sp³-hybridized carbons (Fsp3) is 0.440. The Morgan fingerprint density at radius 3 is 2.61 bits per heavy atom. The number of fused-ring (bicyclic) bond motifs is 1. The predicted molar refractivity (Wildman–Crippen MR) is 153 cm³/mol. The molecule has 17 nitrogen and oxygen atoms in total. The van der Waals surface area contributed by atoms with Crippen LogP contribution < -0.4 is 15.8 Å². The number of aliphatic carboxylic acids is 1. The minimum Gasteiger partial charge on any atom is -0.487 e. The summed E-state index contributed by atoms with van der Waals surface area (Å²) in [5, 5.41) is 18.7. The van der Waals surface area contributed by atoms with E-state index in [1.165, 1.54) is 19.2 Å². The molecule has 2 aliphatic heterocycles. The van der Waals surface area contributed by atoms with Gasteiger partial charge in [-0.1, -0.05) is 5.16 Å². The number of thiazole rings is 1. The Hall–Kier alpha value is -4.17. The summed E-state index contributed by atoms with van der Waals surface area (Å²) in [4.78, 5) is 51.6. The summed E-state index contributed by atoms with van der Waals surface area (Å²) < 4.78 is 42.9. The number of ketones is 1. The van der Waals surface area contributed by atoms with E-state index >= 15 is 0 Å². The number of imidazole rings is 1. The van der Waals surface area contributed by atoms with Crippen molar-refractivity contribution in [3.8, 4) is 5.75 Å². The third kappa shape index (κ3) is 6.81. The van der Waals surface area contributed by atoms with Gasteiger partial charge in [0.2, 0.25) is 0 Å². The third-order valence-corrected chi connectivity index (χ3v) is 8.26. The first-order chi connectivity index (χ1) is 20.7. The molecule has 2 atom stereocenters. The lowest BCUT2D eigenvalue weighted by molar-refractivity contribution is -0.228. The van der Waals surface area contributed by atoms with Gasteiger partial charge >= 0.3 is 16.4 Å². The summed E-state index contributed by atoms with van der Waals surface area (Å²) in [5.41, 5.74) is 5.62. The van der Waals surface area contributed by atoms with E-state index in [2.05, 4.69) is 24.7 Å². The van der Waals surface area contributed by atoms with Crippen LogP contribution in [0, 0.1) is 11.8 Å². The number of carboxylic acid groups (broad SMARTS) is 1. The van der Waals surface area contributed by atoms with Crippen molar-refractivity contribution < 1.29 is 46.3 Å². The highest BCUT2D eigenvalue weighted by atomic mass is 32.3. The first kappa shape index (κ1) is 31.3. The Labute approximate surface area is 254 Å². The number of carboxylic acids is 1. The Bertz CT molecular complexity index is 1730. The number of pyridine rings is 1. The van der Waals surface area contributed by atoms with Crippen LogP contribution in [-0.2, 0) is 40.3 Å². The Morgan fingerprint density at radius 1 is 1.27 bits per heavy atom. The number of hydroxylamine groups is 2. The van der Waals surface area contributed by atoms with E-state index in [1.807, 2.05) is 6.20 Å². The van der Waals surface area contributed by atoms with Gasteiger partial charge in [0.15, 0.2) is 16.6 Å². The van der Waals surface area contributed by atoms with Gasteiger partial charge in [0.1, 0.15) is 23.7 Å². The maximum Gasteiger partial charge on any atom is 0.418 e. The average Bonchev–Trinajstić information content (AvgIpc) is 3.54. The highest BCUT2D eigenvalue weighted by molar-refractivity contribution is 7.80. The molecular weight excluding hydrogens is 622 g/mol. The van der Waals surface area contributed by atoms with Crippen LogP contribution >= 0.6 is 11.3 Å². The number of carbonyl (C=O) groups is 3. The van der Waals surface area contributed by atoms with E-state index < -0.39 is 64.4 Å². The zero-order valence-electron chi connectivity index (χ0n) is 23.4. The lowest BCUT2D eigenvalue weighted by Crippen LogP contribution is -2.68. The van der Waals surface area contributed by atoms with E-state index in [0.29, 0.717) is 22.4 Å². The molecule has 0 aliphatic carbocycles. The normalized spacial score (nSPS) is 19.3. The number of Topliss-reactive ketones (excluding diaryl/α,β-unsaturated/α-hetero) is 1. The van der Waals surface area contributed by atoms with Crippen LogP contribution in [0.4, 0.5) is 5.13 Å². The maximum absolute atomic E-state index is 13.3. The summed E-state index contributed by atoms with van der Waals surface area (Å²) >= 11 is 0.991.